The molecule has 0 atom stereocenters. The maximum Gasteiger partial charge on any atom is 0.270 e. The molecule has 2 rings (SSSR count). The lowest BCUT2D eigenvalue weighted by atomic mass is 9.98. The molecular formula is C17H15NO4. The van der Waals surface area contributed by atoms with Crippen molar-refractivity contribution < 1.29 is 14.5 Å². The Balaban J connectivity index is 2.55. The minimum Gasteiger partial charge on any atom is -0.496 e. The van der Waals surface area contributed by atoms with Gasteiger partial charge >= 0.3 is 0 Å². The molecule has 0 N–H and O–H groups in total. The lowest BCUT2D eigenvalue weighted by Gasteiger charge is -2.10. The van der Waals surface area contributed by atoms with Gasteiger partial charge in [0.2, 0.25) is 0 Å². The van der Waals surface area contributed by atoms with Gasteiger partial charge in [-0.05, 0) is 24.6 Å². The number of ketones is 1. The molecule has 0 amide bonds. The van der Waals surface area contributed by atoms with E-state index in [4.69, 9.17) is 4.74 Å². The first-order valence-corrected chi connectivity index (χ1v) is 6.63. The van der Waals surface area contributed by atoms with E-state index in [0.29, 0.717) is 22.4 Å². The number of methoxy groups -OCH3 is 1. The van der Waals surface area contributed by atoms with Crippen LogP contribution in [0.2, 0.25) is 0 Å². The Morgan fingerprint density at radius 1 is 1.18 bits per heavy atom. The van der Waals surface area contributed by atoms with Crippen molar-refractivity contribution in [2.75, 3.05) is 7.11 Å². The number of Topliss-reactive ketones (excluding diaryl/α,β-unsaturated/α-hetero) is 1. The van der Waals surface area contributed by atoms with Gasteiger partial charge in [0.1, 0.15) is 5.75 Å². The molecule has 0 aliphatic rings. The number of hydrogen-bond donors (Lipinski definition) is 0. The first-order chi connectivity index (χ1) is 10.5. The standard InChI is InChI=1S/C17H15NO4/c1-12(19)16(15-8-3-4-9-17(15)22-2)11-13-6-5-7-14(10-13)18(20)21/h3-11H,1-2H3/b16-11+. The molecule has 112 valence electrons. The van der Waals surface area contributed by atoms with Gasteiger partial charge in [-0.3, -0.25) is 14.9 Å². The van der Waals surface area contributed by atoms with E-state index in [2.05, 4.69) is 0 Å². The topological polar surface area (TPSA) is 69.4 Å². The van der Waals surface area contributed by atoms with Crippen LogP contribution in [0.15, 0.2) is 48.5 Å². The fraction of sp³-hybridized carbons (Fsp3) is 0.118. The van der Waals surface area contributed by atoms with E-state index < -0.39 is 4.92 Å². The SMILES string of the molecule is COc1ccccc1/C(=C/c1cccc([N+](=O)[O-])c1)C(C)=O. The third-order valence-electron chi connectivity index (χ3n) is 3.17. The first-order valence-electron chi connectivity index (χ1n) is 6.63. The van der Waals surface area contributed by atoms with Crippen LogP contribution in [0, 0.1) is 10.1 Å². The average Bonchev–Trinajstić information content (AvgIpc) is 2.52. The number of non-ortho nitro benzene ring substituents is 1. The fourth-order valence-corrected chi connectivity index (χ4v) is 2.13. The van der Waals surface area contributed by atoms with E-state index >= 15 is 0 Å². The summed E-state index contributed by atoms with van der Waals surface area (Å²) >= 11 is 0. The molecule has 0 aliphatic carbocycles. The van der Waals surface area contributed by atoms with Gasteiger partial charge in [-0.1, -0.05) is 30.3 Å². The van der Waals surface area contributed by atoms with Crippen molar-refractivity contribution in [1.82, 2.24) is 0 Å². The summed E-state index contributed by atoms with van der Waals surface area (Å²) in [6.07, 6.45) is 1.63. The van der Waals surface area contributed by atoms with Gasteiger partial charge in [0.15, 0.2) is 5.78 Å². The van der Waals surface area contributed by atoms with E-state index in [1.165, 1.54) is 26.2 Å². The smallest absolute Gasteiger partial charge is 0.270 e. The molecule has 0 saturated heterocycles. The van der Waals surface area contributed by atoms with Gasteiger partial charge in [-0.15, -0.1) is 0 Å². The first kappa shape index (κ1) is 15.4. The molecule has 5 heteroatoms. The van der Waals surface area contributed by atoms with Crippen LogP contribution >= 0.6 is 0 Å². The summed E-state index contributed by atoms with van der Waals surface area (Å²) in [5, 5.41) is 10.8. The third-order valence-corrected chi connectivity index (χ3v) is 3.17. The van der Waals surface area contributed by atoms with Gasteiger partial charge in [0.25, 0.3) is 5.69 Å². The number of allylic oxidation sites excluding steroid dienone is 1. The van der Waals surface area contributed by atoms with Crippen molar-refractivity contribution in [3.8, 4) is 5.75 Å². The van der Waals surface area contributed by atoms with Gasteiger partial charge < -0.3 is 4.74 Å². The lowest BCUT2D eigenvalue weighted by Crippen LogP contribution is -1.99. The third kappa shape index (κ3) is 3.38. The summed E-state index contributed by atoms with van der Waals surface area (Å²) in [5.41, 5.74) is 1.67. The van der Waals surface area contributed by atoms with E-state index in [-0.39, 0.29) is 11.5 Å². The summed E-state index contributed by atoms with van der Waals surface area (Å²) in [5.74, 6) is 0.436. The van der Waals surface area contributed by atoms with E-state index in [1.54, 1.807) is 30.3 Å². The van der Waals surface area contributed by atoms with Gasteiger partial charge in [-0.2, -0.15) is 0 Å². The Hall–Kier alpha value is -2.95. The molecule has 0 bridgehead atoms. The number of rotatable bonds is 5. The normalized spacial score (nSPS) is 11.1. The highest BCUT2D eigenvalue weighted by Crippen LogP contribution is 2.28. The zero-order valence-electron chi connectivity index (χ0n) is 12.3. The second-order valence-electron chi connectivity index (χ2n) is 4.67. The molecule has 0 fully saturated rings. The Bertz CT molecular complexity index is 750. The molecule has 2 aromatic carbocycles. The van der Waals surface area contributed by atoms with Gasteiger partial charge in [0, 0.05) is 23.3 Å². The summed E-state index contributed by atoms with van der Waals surface area (Å²) in [4.78, 5) is 22.4. The molecule has 5 nitrogen and oxygen atoms in total. The number of nitro groups is 1. The van der Waals surface area contributed by atoms with Crippen LogP contribution in [0.25, 0.3) is 11.6 Å². The number of nitro benzene ring substituents is 1. The second-order valence-corrected chi connectivity index (χ2v) is 4.67. The van der Waals surface area contributed by atoms with Crippen LogP contribution in [-0.2, 0) is 4.79 Å². The highest BCUT2D eigenvalue weighted by Gasteiger charge is 2.13. The Kier molecular flexibility index (Phi) is 4.68. The van der Waals surface area contributed by atoms with E-state index in [1.807, 2.05) is 12.1 Å². The van der Waals surface area contributed by atoms with E-state index in [9.17, 15) is 14.9 Å². The molecule has 0 aliphatic heterocycles. The zero-order valence-corrected chi connectivity index (χ0v) is 12.3. The number of nitrogens with zero attached hydrogens (tertiary/aromatic N) is 1. The summed E-state index contributed by atoms with van der Waals surface area (Å²) in [6.45, 7) is 1.45. The monoisotopic (exact) mass is 297 g/mol. The van der Waals surface area contributed by atoms with Crippen molar-refractivity contribution >= 4 is 23.1 Å². The van der Waals surface area contributed by atoms with Gasteiger partial charge in [0.05, 0.1) is 12.0 Å². The zero-order chi connectivity index (χ0) is 16.1. The quantitative estimate of drug-likeness (QED) is 0.365. The molecule has 0 radical (unpaired) electrons. The summed E-state index contributed by atoms with van der Waals surface area (Å²) in [6, 6.07) is 13.3. The Labute approximate surface area is 128 Å². The number of carbonyl (C=O) groups is 1. The minimum atomic E-state index is -0.464. The summed E-state index contributed by atoms with van der Waals surface area (Å²) in [7, 11) is 1.53. The highest BCUT2D eigenvalue weighted by molar-refractivity contribution is 6.24. The average molecular weight is 297 g/mol. The van der Waals surface area contributed by atoms with Crippen LogP contribution in [0.5, 0.6) is 5.75 Å². The van der Waals surface area contributed by atoms with Crippen molar-refractivity contribution in [1.29, 1.82) is 0 Å². The predicted molar refractivity (Wildman–Crippen MR) is 84.6 cm³/mol. The predicted octanol–water partition coefficient (Wildman–Crippen LogP) is 3.73. The maximum absolute atomic E-state index is 12.0. The van der Waals surface area contributed by atoms with Gasteiger partial charge in [-0.25, -0.2) is 0 Å². The van der Waals surface area contributed by atoms with Crippen molar-refractivity contribution in [3.63, 3.8) is 0 Å². The number of para-hydroxylation sites is 1. The Morgan fingerprint density at radius 3 is 2.55 bits per heavy atom. The summed E-state index contributed by atoms with van der Waals surface area (Å²) < 4.78 is 5.27. The molecule has 0 heterocycles. The van der Waals surface area contributed by atoms with Crippen molar-refractivity contribution in [2.24, 2.45) is 0 Å². The fourth-order valence-electron chi connectivity index (χ4n) is 2.13. The van der Waals surface area contributed by atoms with Crippen LogP contribution in [-0.4, -0.2) is 17.8 Å². The molecule has 0 aromatic heterocycles. The maximum atomic E-state index is 12.0. The largest absolute Gasteiger partial charge is 0.496 e. The van der Waals surface area contributed by atoms with Crippen molar-refractivity contribution in [2.45, 2.75) is 6.92 Å². The van der Waals surface area contributed by atoms with Crippen LogP contribution in [0.4, 0.5) is 5.69 Å². The lowest BCUT2D eigenvalue weighted by molar-refractivity contribution is -0.384. The molecule has 2 aromatic rings. The molecule has 0 saturated carbocycles. The molecule has 0 spiro atoms. The van der Waals surface area contributed by atoms with Crippen LogP contribution < -0.4 is 4.74 Å². The number of carbonyl (C=O) groups excluding carboxylic acids is 1. The molecule has 0 unspecified atom stereocenters. The number of ether oxygens (including phenoxy) is 1. The van der Waals surface area contributed by atoms with Crippen molar-refractivity contribution in [3.05, 3.63) is 69.8 Å². The minimum absolute atomic E-state index is 0.0170. The van der Waals surface area contributed by atoms with Crippen LogP contribution in [0.3, 0.4) is 0 Å². The molecular weight excluding hydrogens is 282 g/mol. The Morgan fingerprint density at radius 2 is 1.91 bits per heavy atom. The second kappa shape index (κ2) is 6.67. The number of hydrogen-bond acceptors (Lipinski definition) is 4. The van der Waals surface area contributed by atoms with Crippen LogP contribution in [0.1, 0.15) is 18.1 Å². The number of benzene rings is 2. The molecule has 22 heavy (non-hydrogen) atoms. The highest BCUT2D eigenvalue weighted by atomic mass is 16.6. The van der Waals surface area contributed by atoms with E-state index in [0.717, 1.165) is 0 Å².